The molecule has 0 saturated carbocycles. The third-order valence-corrected chi connectivity index (χ3v) is 4.57. The Morgan fingerprint density at radius 2 is 1.46 bits per heavy atom. The van der Waals surface area contributed by atoms with Gasteiger partial charge in [-0.15, -0.1) is 0 Å². The lowest BCUT2D eigenvalue weighted by Crippen LogP contribution is -1.85. The van der Waals surface area contributed by atoms with Crippen LogP contribution in [0.25, 0.3) is 33.9 Å². The average molecular weight is 343 g/mol. The molecule has 26 heavy (non-hydrogen) atoms. The van der Waals surface area contributed by atoms with Crippen LogP contribution in [0.15, 0.2) is 67.0 Å². The number of H-pyrrole nitrogens is 1. The lowest BCUT2D eigenvalue weighted by Gasteiger charge is -2.03. The minimum atomic E-state index is -0.260. The Labute approximate surface area is 151 Å². The first-order chi connectivity index (χ1) is 12.6. The molecule has 0 fully saturated rings. The summed E-state index contributed by atoms with van der Waals surface area (Å²) < 4.78 is 13.3. The Morgan fingerprint density at radius 3 is 2.15 bits per heavy atom. The topological polar surface area (TPSA) is 41.6 Å². The number of halogens is 1. The summed E-state index contributed by atoms with van der Waals surface area (Å²) in [5.74, 6) is 0.531. The lowest BCUT2D eigenvalue weighted by molar-refractivity contribution is 0.628. The van der Waals surface area contributed by atoms with Gasteiger partial charge >= 0.3 is 0 Å². The molecule has 3 nitrogen and oxygen atoms in total. The molecule has 4 aromatic rings. The Hall–Kier alpha value is -3.27. The summed E-state index contributed by atoms with van der Waals surface area (Å²) in [4.78, 5) is 12.4. The fraction of sp³-hybridized carbons (Fsp3) is 0.0909. The molecule has 0 saturated heterocycles. The first kappa shape index (κ1) is 16.2. The second-order valence-electron chi connectivity index (χ2n) is 6.35. The number of aromatic nitrogens is 3. The van der Waals surface area contributed by atoms with Crippen molar-refractivity contribution in [3.05, 3.63) is 83.9 Å². The van der Waals surface area contributed by atoms with Crippen LogP contribution in [0.4, 0.5) is 4.39 Å². The third kappa shape index (κ3) is 3.02. The number of rotatable bonds is 3. The van der Waals surface area contributed by atoms with E-state index in [1.807, 2.05) is 12.1 Å². The van der Waals surface area contributed by atoms with E-state index in [0.717, 1.165) is 33.9 Å². The molecule has 2 aromatic carbocycles. The van der Waals surface area contributed by atoms with Crippen molar-refractivity contribution in [1.82, 2.24) is 15.0 Å². The predicted molar refractivity (Wildman–Crippen MR) is 102 cm³/mol. The first-order valence-corrected chi connectivity index (χ1v) is 8.46. The molecule has 0 bridgehead atoms. The Morgan fingerprint density at radius 1 is 0.769 bits per heavy atom. The molecule has 4 heteroatoms. The Balaban J connectivity index is 1.90. The summed E-state index contributed by atoms with van der Waals surface area (Å²) in [6, 6.07) is 16.6. The van der Waals surface area contributed by atoms with Gasteiger partial charge in [0.2, 0.25) is 0 Å². The van der Waals surface area contributed by atoms with E-state index in [1.54, 1.807) is 24.5 Å². The maximum Gasteiger partial charge on any atom is 0.138 e. The van der Waals surface area contributed by atoms with Crippen molar-refractivity contribution >= 4 is 0 Å². The number of benzene rings is 2. The molecule has 2 aromatic heterocycles. The predicted octanol–water partition coefficient (Wildman–Crippen LogP) is 5.56. The Bertz CT molecular complexity index is 1050. The van der Waals surface area contributed by atoms with E-state index in [1.165, 1.54) is 23.3 Å². The molecule has 4 rings (SSSR count). The van der Waals surface area contributed by atoms with Crippen LogP contribution in [0.5, 0.6) is 0 Å². The van der Waals surface area contributed by atoms with Crippen molar-refractivity contribution in [2.45, 2.75) is 13.8 Å². The maximum absolute atomic E-state index is 13.3. The summed E-state index contributed by atoms with van der Waals surface area (Å²) in [5.41, 5.74) is 7.03. The molecule has 0 aliphatic heterocycles. The van der Waals surface area contributed by atoms with Crippen molar-refractivity contribution in [2.75, 3.05) is 0 Å². The molecule has 128 valence electrons. The van der Waals surface area contributed by atoms with E-state index < -0.39 is 0 Å². The van der Waals surface area contributed by atoms with Gasteiger partial charge in [0, 0.05) is 29.1 Å². The van der Waals surface area contributed by atoms with Gasteiger partial charge in [-0.25, -0.2) is 9.37 Å². The van der Waals surface area contributed by atoms with E-state index in [9.17, 15) is 4.39 Å². The van der Waals surface area contributed by atoms with Crippen LogP contribution in [0, 0.1) is 19.7 Å². The molecule has 0 aliphatic carbocycles. The summed E-state index contributed by atoms with van der Waals surface area (Å²) in [6.45, 7) is 4.18. The SMILES string of the molecule is Cc1ccc(-c2nc(-c3ccc(F)cc3)c(-c3ccncc3)[nH]2)cc1C. The van der Waals surface area contributed by atoms with Crippen molar-refractivity contribution in [1.29, 1.82) is 0 Å². The van der Waals surface area contributed by atoms with Crippen LogP contribution >= 0.6 is 0 Å². The third-order valence-electron chi connectivity index (χ3n) is 4.57. The molecule has 0 spiro atoms. The van der Waals surface area contributed by atoms with Gasteiger partial charge in [-0.2, -0.15) is 0 Å². The van der Waals surface area contributed by atoms with E-state index in [-0.39, 0.29) is 5.82 Å². The molecular weight excluding hydrogens is 325 g/mol. The van der Waals surface area contributed by atoms with Gasteiger partial charge < -0.3 is 4.98 Å². The van der Waals surface area contributed by atoms with Crippen molar-refractivity contribution in [3.63, 3.8) is 0 Å². The monoisotopic (exact) mass is 343 g/mol. The molecule has 0 unspecified atom stereocenters. The highest BCUT2D eigenvalue weighted by molar-refractivity contribution is 5.81. The van der Waals surface area contributed by atoms with Gasteiger partial charge in [0.15, 0.2) is 0 Å². The summed E-state index contributed by atoms with van der Waals surface area (Å²) in [7, 11) is 0. The number of hydrogen-bond acceptors (Lipinski definition) is 2. The van der Waals surface area contributed by atoms with Gasteiger partial charge in [0.25, 0.3) is 0 Å². The highest BCUT2D eigenvalue weighted by Gasteiger charge is 2.15. The first-order valence-electron chi connectivity index (χ1n) is 8.46. The van der Waals surface area contributed by atoms with E-state index in [4.69, 9.17) is 4.98 Å². The standard InChI is InChI=1S/C22H18FN3/c1-14-3-4-18(13-15(14)2)22-25-20(16-5-7-19(23)8-6-16)21(26-22)17-9-11-24-12-10-17/h3-13H,1-2H3,(H,25,26). The van der Waals surface area contributed by atoms with Gasteiger partial charge in [0.1, 0.15) is 11.6 Å². The molecule has 1 N–H and O–H groups in total. The van der Waals surface area contributed by atoms with Crippen LogP contribution in [-0.2, 0) is 0 Å². The largest absolute Gasteiger partial charge is 0.337 e. The second kappa shape index (κ2) is 6.56. The quantitative estimate of drug-likeness (QED) is 0.529. The van der Waals surface area contributed by atoms with Gasteiger partial charge in [-0.1, -0.05) is 12.1 Å². The number of aryl methyl sites for hydroxylation is 2. The summed E-state index contributed by atoms with van der Waals surface area (Å²) in [6.07, 6.45) is 3.50. The molecule has 2 heterocycles. The normalized spacial score (nSPS) is 10.9. The van der Waals surface area contributed by atoms with Crippen molar-refractivity contribution in [3.8, 4) is 33.9 Å². The number of nitrogens with zero attached hydrogens (tertiary/aromatic N) is 2. The second-order valence-corrected chi connectivity index (χ2v) is 6.35. The fourth-order valence-electron chi connectivity index (χ4n) is 2.94. The minimum Gasteiger partial charge on any atom is -0.337 e. The van der Waals surface area contributed by atoms with E-state index in [2.05, 4.69) is 42.0 Å². The number of pyridine rings is 1. The van der Waals surface area contributed by atoms with Crippen molar-refractivity contribution < 1.29 is 4.39 Å². The van der Waals surface area contributed by atoms with Gasteiger partial charge in [0.05, 0.1) is 11.4 Å². The van der Waals surface area contributed by atoms with Crippen LogP contribution in [0.3, 0.4) is 0 Å². The van der Waals surface area contributed by atoms with Gasteiger partial charge in [-0.05, 0) is 67.4 Å². The number of imidazole rings is 1. The van der Waals surface area contributed by atoms with E-state index in [0.29, 0.717) is 0 Å². The summed E-state index contributed by atoms with van der Waals surface area (Å²) in [5, 5.41) is 0. The number of nitrogens with one attached hydrogen (secondary N) is 1. The minimum absolute atomic E-state index is 0.260. The molecular formula is C22H18FN3. The highest BCUT2D eigenvalue weighted by atomic mass is 19.1. The van der Waals surface area contributed by atoms with Crippen LogP contribution < -0.4 is 0 Å². The average Bonchev–Trinajstić information content (AvgIpc) is 3.11. The van der Waals surface area contributed by atoms with Crippen LogP contribution in [0.2, 0.25) is 0 Å². The fourth-order valence-corrected chi connectivity index (χ4v) is 2.94. The summed E-state index contributed by atoms with van der Waals surface area (Å²) >= 11 is 0. The molecule has 0 atom stereocenters. The molecule has 0 aliphatic rings. The zero-order valence-electron chi connectivity index (χ0n) is 14.6. The van der Waals surface area contributed by atoms with E-state index >= 15 is 0 Å². The number of aromatic amines is 1. The smallest absolute Gasteiger partial charge is 0.138 e. The zero-order chi connectivity index (χ0) is 18.1. The molecule has 0 amide bonds. The van der Waals surface area contributed by atoms with Crippen LogP contribution in [-0.4, -0.2) is 15.0 Å². The van der Waals surface area contributed by atoms with Crippen LogP contribution in [0.1, 0.15) is 11.1 Å². The zero-order valence-corrected chi connectivity index (χ0v) is 14.6. The number of hydrogen-bond donors (Lipinski definition) is 1. The lowest BCUT2D eigenvalue weighted by atomic mass is 10.1. The maximum atomic E-state index is 13.3. The highest BCUT2D eigenvalue weighted by Crippen LogP contribution is 2.33. The Kier molecular flexibility index (Phi) is 4.09. The molecule has 0 radical (unpaired) electrons. The van der Waals surface area contributed by atoms with Gasteiger partial charge in [-0.3, -0.25) is 4.98 Å². The van der Waals surface area contributed by atoms with Crippen molar-refractivity contribution in [2.24, 2.45) is 0 Å².